The number of nitrogens with zero attached hydrogens (tertiary/aromatic N) is 2. The van der Waals surface area contributed by atoms with Gasteiger partial charge in [0.25, 0.3) is 5.91 Å². The average Bonchev–Trinajstić information content (AvgIpc) is 3.16. The van der Waals surface area contributed by atoms with E-state index in [1.54, 1.807) is 14.2 Å². The van der Waals surface area contributed by atoms with E-state index >= 15 is 0 Å². The largest absolute Gasteiger partial charge is 0.497 e. The molecule has 178 valence electrons. The number of hydrazone groups is 1. The summed E-state index contributed by atoms with van der Waals surface area (Å²) in [5.74, 6) is 1.34. The summed E-state index contributed by atoms with van der Waals surface area (Å²) in [4.78, 5) is 14.5. The average molecular weight is 487 g/mol. The Bertz CT molecular complexity index is 1220. The highest BCUT2D eigenvalue weighted by Gasteiger charge is 2.62. The van der Waals surface area contributed by atoms with Crippen molar-refractivity contribution in [3.63, 3.8) is 0 Å². The molecule has 8 heteroatoms. The highest BCUT2D eigenvalue weighted by Crippen LogP contribution is 2.52. The van der Waals surface area contributed by atoms with Gasteiger partial charge in [-0.1, -0.05) is 42.5 Å². The third kappa shape index (κ3) is 3.70. The summed E-state index contributed by atoms with van der Waals surface area (Å²) in [6.07, 6.45) is 0. The molecule has 1 spiro atoms. The number of methoxy groups -OCH3 is 2. The molecule has 2 aliphatic heterocycles. The normalized spacial score (nSPS) is 23.5. The zero-order valence-electron chi connectivity index (χ0n) is 19.7. The maximum absolute atomic E-state index is 14.5. The first-order valence-corrected chi connectivity index (χ1v) is 11.7. The van der Waals surface area contributed by atoms with Gasteiger partial charge in [0.2, 0.25) is 0 Å². The first-order chi connectivity index (χ1) is 17.0. The van der Waals surface area contributed by atoms with Crippen molar-refractivity contribution in [1.82, 2.24) is 10.6 Å². The first-order valence-electron chi connectivity index (χ1n) is 11.3. The molecule has 1 amide bonds. The second-order valence-electron chi connectivity index (χ2n) is 8.54. The standard InChI is InChI=1S/C27H26N4O3S/c1-17-27(25(32)31(30-17)20-7-5-4-6-8-20)23(18-9-13-21(33-2)14-10-18)28-26(35)29-24(27)19-11-15-22(34-3)16-12-19/h4-16,23-24H,1-3H3,(H2,28,29,35). The lowest BCUT2D eigenvalue weighted by Crippen LogP contribution is -2.63. The highest BCUT2D eigenvalue weighted by molar-refractivity contribution is 7.80. The molecule has 0 radical (unpaired) electrons. The van der Waals surface area contributed by atoms with E-state index in [-0.39, 0.29) is 5.91 Å². The van der Waals surface area contributed by atoms with Gasteiger partial charge in [-0.3, -0.25) is 4.79 Å². The van der Waals surface area contributed by atoms with E-state index in [1.165, 1.54) is 5.01 Å². The smallest absolute Gasteiger partial charge is 0.264 e. The maximum atomic E-state index is 14.5. The summed E-state index contributed by atoms with van der Waals surface area (Å²) in [6, 6.07) is 23.9. The van der Waals surface area contributed by atoms with Gasteiger partial charge in [0.1, 0.15) is 16.9 Å². The van der Waals surface area contributed by atoms with E-state index in [0.717, 1.165) is 22.6 Å². The summed E-state index contributed by atoms with van der Waals surface area (Å²) < 4.78 is 10.7. The number of thiocarbonyl (C=S) groups is 1. The Morgan fingerprint density at radius 1 is 0.829 bits per heavy atom. The third-order valence-electron chi connectivity index (χ3n) is 6.76. The van der Waals surface area contributed by atoms with E-state index < -0.39 is 17.5 Å². The Hall–Kier alpha value is -3.91. The van der Waals surface area contributed by atoms with Crippen molar-refractivity contribution >= 4 is 34.6 Å². The molecule has 0 bridgehead atoms. The van der Waals surface area contributed by atoms with Crippen LogP contribution in [0, 0.1) is 5.41 Å². The molecular weight excluding hydrogens is 460 g/mol. The molecule has 1 fully saturated rings. The number of para-hydroxylation sites is 1. The molecule has 3 aromatic rings. The molecule has 7 nitrogen and oxygen atoms in total. The van der Waals surface area contributed by atoms with E-state index in [0.29, 0.717) is 16.5 Å². The minimum atomic E-state index is -1.08. The number of ether oxygens (including phenoxy) is 2. The lowest BCUT2D eigenvalue weighted by atomic mass is 9.65. The second kappa shape index (κ2) is 9.03. The summed E-state index contributed by atoms with van der Waals surface area (Å²) >= 11 is 5.64. The van der Waals surface area contributed by atoms with Crippen molar-refractivity contribution in [2.45, 2.75) is 19.0 Å². The molecule has 2 heterocycles. The van der Waals surface area contributed by atoms with Crippen molar-refractivity contribution in [2.24, 2.45) is 10.5 Å². The fourth-order valence-corrected chi connectivity index (χ4v) is 5.24. The van der Waals surface area contributed by atoms with Crippen molar-refractivity contribution < 1.29 is 14.3 Å². The Morgan fingerprint density at radius 2 is 1.31 bits per heavy atom. The number of carbonyl (C=O) groups excluding carboxylic acids is 1. The topological polar surface area (TPSA) is 75.2 Å². The van der Waals surface area contributed by atoms with Gasteiger partial charge in [0.15, 0.2) is 5.11 Å². The number of hydrogen-bond donors (Lipinski definition) is 2. The van der Waals surface area contributed by atoms with Gasteiger partial charge < -0.3 is 20.1 Å². The lowest BCUT2D eigenvalue weighted by molar-refractivity contribution is -0.126. The summed E-state index contributed by atoms with van der Waals surface area (Å²) in [5, 5.41) is 13.5. The molecule has 2 atom stereocenters. The second-order valence-corrected chi connectivity index (χ2v) is 8.95. The zero-order chi connectivity index (χ0) is 24.6. The van der Waals surface area contributed by atoms with Gasteiger partial charge in [-0.25, -0.2) is 0 Å². The van der Waals surface area contributed by atoms with E-state index in [2.05, 4.69) is 10.6 Å². The van der Waals surface area contributed by atoms with Crippen LogP contribution >= 0.6 is 12.2 Å². The maximum Gasteiger partial charge on any atom is 0.264 e. The molecule has 0 aromatic heterocycles. The number of benzene rings is 3. The van der Waals surface area contributed by atoms with Crippen LogP contribution in [0.15, 0.2) is 84.0 Å². The van der Waals surface area contributed by atoms with Gasteiger partial charge in [0, 0.05) is 0 Å². The molecule has 35 heavy (non-hydrogen) atoms. The number of nitrogens with one attached hydrogen (secondary N) is 2. The zero-order valence-corrected chi connectivity index (χ0v) is 20.5. The predicted molar refractivity (Wildman–Crippen MR) is 140 cm³/mol. The van der Waals surface area contributed by atoms with Gasteiger partial charge in [0.05, 0.1) is 37.7 Å². The summed E-state index contributed by atoms with van der Waals surface area (Å²) in [5.41, 5.74) is 2.14. The molecule has 3 aromatic carbocycles. The number of carbonyl (C=O) groups is 1. The Balaban J connectivity index is 1.69. The lowest BCUT2D eigenvalue weighted by Gasteiger charge is -2.47. The molecule has 0 saturated carbocycles. The van der Waals surface area contributed by atoms with E-state index in [1.807, 2.05) is 85.8 Å². The molecule has 2 N–H and O–H groups in total. The predicted octanol–water partition coefficient (Wildman–Crippen LogP) is 4.37. The van der Waals surface area contributed by atoms with E-state index in [9.17, 15) is 4.79 Å². The van der Waals surface area contributed by atoms with Crippen molar-refractivity contribution in [3.8, 4) is 11.5 Å². The molecule has 2 aliphatic rings. The van der Waals surface area contributed by atoms with Gasteiger partial charge >= 0.3 is 0 Å². The Labute approximate surface area is 209 Å². The van der Waals surface area contributed by atoms with Crippen molar-refractivity contribution in [1.29, 1.82) is 0 Å². The van der Waals surface area contributed by atoms with Gasteiger partial charge in [-0.05, 0) is 66.7 Å². The molecule has 2 unspecified atom stereocenters. The number of rotatable bonds is 5. The van der Waals surface area contributed by atoms with Crippen molar-refractivity contribution in [3.05, 3.63) is 90.0 Å². The van der Waals surface area contributed by atoms with E-state index in [4.69, 9.17) is 26.8 Å². The van der Waals surface area contributed by atoms with Crippen LogP contribution in [0.4, 0.5) is 5.69 Å². The third-order valence-corrected chi connectivity index (χ3v) is 6.99. The quantitative estimate of drug-likeness (QED) is 0.522. The van der Waals surface area contributed by atoms with Crippen LogP contribution in [0.25, 0.3) is 0 Å². The van der Waals surface area contributed by atoms with Crippen LogP contribution in [0.2, 0.25) is 0 Å². The molecular formula is C27H26N4O3S. The Morgan fingerprint density at radius 3 is 1.77 bits per heavy atom. The first kappa shape index (κ1) is 22.9. The SMILES string of the molecule is COc1ccc(C2NC(=S)NC(c3ccc(OC)cc3)C23C(=O)N(c2ccccc2)N=C3C)cc1. The monoisotopic (exact) mass is 486 g/mol. The van der Waals surface area contributed by atoms with Crippen LogP contribution < -0.4 is 25.1 Å². The fraction of sp³-hybridized carbons (Fsp3) is 0.222. The van der Waals surface area contributed by atoms with Crippen LogP contribution in [0.3, 0.4) is 0 Å². The number of anilines is 1. The minimum absolute atomic E-state index is 0.134. The van der Waals surface area contributed by atoms with Gasteiger partial charge in [-0.2, -0.15) is 10.1 Å². The van der Waals surface area contributed by atoms with Crippen LogP contribution in [-0.2, 0) is 4.79 Å². The minimum Gasteiger partial charge on any atom is -0.497 e. The molecule has 1 saturated heterocycles. The molecule has 0 aliphatic carbocycles. The van der Waals surface area contributed by atoms with Crippen LogP contribution in [0.1, 0.15) is 30.1 Å². The van der Waals surface area contributed by atoms with Crippen LogP contribution in [0.5, 0.6) is 11.5 Å². The number of amides is 1. The molecule has 5 rings (SSSR count). The van der Waals surface area contributed by atoms with Crippen molar-refractivity contribution in [2.75, 3.05) is 19.2 Å². The highest BCUT2D eigenvalue weighted by atomic mass is 32.1. The summed E-state index contributed by atoms with van der Waals surface area (Å²) in [7, 11) is 3.26. The Kier molecular flexibility index (Phi) is 5.90. The number of hydrogen-bond acceptors (Lipinski definition) is 5. The van der Waals surface area contributed by atoms with Crippen LogP contribution in [-0.4, -0.2) is 31.0 Å². The summed E-state index contributed by atoms with van der Waals surface area (Å²) in [6.45, 7) is 1.91. The fourth-order valence-electron chi connectivity index (χ4n) is 5.00. The van der Waals surface area contributed by atoms with Gasteiger partial charge in [-0.15, -0.1) is 0 Å².